The standard InChI is InChI=1S/C11H12N4O3/c1-6(10-12-5-17-15-10)13-11(16)9-4-8(14-18-9)7-2-3-7/h4-7H,2-3H2,1H3,(H,13,16). The van der Waals surface area contributed by atoms with Crippen LogP contribution in [-0.2, 0) is 0 Å². The fourth-order valence-electron chi connectivity index (χ4n) is 1.67. The first-order chi connectivity index (χ1) is 8.74. The SMILES string of the molecule is CC(NC(=O)c1cc(C2CC2)no1)c1ncon1. The van der Waals surface area contributed by atoms with E-state index in [4.69, 9.17) is 4.52 Å². The number of hydrogen-bond donors (Lipinski definition) is 1. The smallest absolute Gasteiger partial charge is 0.290 e. The third kappa shape index (κ3) is 2.11. The monoisotopic (exact) mass is 248 g/mol. The van der Waals surface area contributed by atoms with Gasteiger partial charge in [-0.25, -0.2) is 0 Å². The number of nitrogens with one attached hydrogen (secondary N) is 1. The van der Waals surface area contributed by atoms with Gasteiger partial charge in [-0.2, -0.15) is 4.98 Å². The Morgan fingerprint density at radius 1 is 1.50 bits per heavy atom. The van der Waals surface area contributed by atoms with E-state index in [1.807, 2.05) is 0 Å². The zero-order chi connectivity index (χ0) is 12.5. The molecule has 0 bridgehead atoms. The normalized spacial score (nSPS) is 16.5. The molecule has 2 aromatic heterocycles. The van der Waals surface area contributed by atoms with E-state index >= 15 is 0 Å². The molecule has 7 nitrogen and oxygen atoms in total. The Bertz CT molecular complexity index is 544. The molecule has 1 aliphatic carbocycles. The van der Waals surface area contributed by atoms with Crippen molar-refractivity contribution >= 4 is 5.91 Å². The molecule has 1 saturated carbocycles. The lowest BCUT2D eigenvalue weighted by Gasteiger charge is -2.07. The molecule has 0 spiro atoms. The van der Waals surface area contributed by atoms with Crippen molar-refractivity contribution in [1.29, 1.82) is 0 Å². The largest absolute Gasteiger partial charge is 0.351 e. The Balaban J connectivity index is 1.66. The van der Waals surface area contributed by atoms with Crippen LogP contribution >= 0.6 is 0 Å². The third-order valence-corrected chi connectivity index (χ3v) is 2.86. The molecule has 1 unspecified atom stereocenters. The summed E-state index contributed by atoms with van der Waals surface area (Å²) in [6.07, 6.45) is 3.46. The Morgan fingerprint density at radius 2 is 2.33 bits per heavy atom. The van der Waals surface area contributed by atoms with Gasteiger partial charge >= 0.3 is 0 Å². The van der Waals surface area contributed by atoms with Gasteiger partial charge in [-0.3, -0.25) is 4.79 Å². The lowest BCUT2D eigenvalue weighted by molar-refractivity contribution is 0.0900. The molecule has 0 radical (unpaired) electrons. The number of hydrogen-bond acceptors (Lipinski definition) is 6. The number of carbonyl (C=O) groups is 1. The van der Waals surface area contributed by atoms with Crippen molar-refractivity contribution in [2.45, 2.75) is 31.7 Å². The molecule has 0 aromatic carbocycles. The Hall–Kier alpha value is -2.18. The average Bonchev–Trinajstić information content (AvgIpc) is 2.91. The zero-order valence-electron chi connectivity index (χ0n) is 9.79. The number of amides is 1. The van der Waals surface area contributed by atoms with Gasteiger partial charge in [0.05, 0.1) is 11.7 Å². The Kier molecular flexibility index (Phi) is 2.58. The molecule has 1 fully saturated rings. The predicted octanol–water partition coefficient (Wildman–Crippen LogP) is 1.43. The molecule has 3 rings (SSSR count). The minimum Gasteiger partial charge on any atom is -0.351 e. The minimum absolute atomic E-state index is 0.215. The minimum atomic E-state index is -0.342. The number of rotatable bonds is 4. The van der Waals surface area contributed by atoms with Crippen molar-refractivity contribution in [2.24, 2.45) is 0 Å². The summed E-state index contributed by atoms with van der Waals surface area (Å²) >= 11 is 0. The van der Waals surface area contributed by atoms with E-state index in [0.717, 1.165) is 18.5 Å². The van der Waals surface area contributed by atoms with E-state index in [9.17, 15) is 4.79 Å². The second-order valence-corrected chi connectivity index (χ2v) is 4.37. The summed E-state index contributed by atoms with van der Waals surface area (Å²) in [6.45, 7) is 1.76. The van der Waals surface area contributed by atoms with Gasteiger partial charge < -0.3 is 14.4 Å². The van der Waals surface area contributed by atoms with Crippen LogP contribution in [-0.4, -0.2) is 21.2 Å². The highest BCUT2D eigenvalue weighted by molar-refractivity contribution is 5.91. The first-order valence-electron chi connectivity index (χ1n) is 5.78. The van der Waals surface area contributed by atoms with Crippen LogP contribution in [0.3, 0.4) is 0 Å². The van der Waals surface area contributed by atoms with Gasteiger partial charge in [0.1, 0.15) is 0 Å². The first-order valence-corrected chi connectivity index (χ1v) is 5.78. The molecule has 0 aliphatic heterocycles. The van der Waals surface area contributed by atoms with E-state index in [0.29, 0.717) is 11.7 Å². The third-order valence-electron chi connectivity index (χ3n) is 2.86. The van der Waals surface area contributed by atoms with Crippen LogP contribution in [0.25, 0.3) is 0 Å². The fraction of sp³-hybridized carbons (Fsp3) is 0.455. The van der Waals surface area contributed by atoms with Crippen LogP contribution in [0.15, 0.2) is 21.5 Å². The van der Waals surface area contributed by atoms with Crippen molar-refractivity contribution in [3.05, 3.63) is 29.7 Å². The van der Waals surface area contributed by atoms with Crippen molar-refractivity contribution in [3.63, 3.8) is 0 Å². The predicted molar refractivity (Wildman–Crippen MR) is 58.7 cm³/mol. The maximum absolute atomic E-state index is 11.9. The van der Waals surface area contributed by atoms with E-state index in [1.54, 1.807) is 13.0 Å². The Labute approximate surface area is 103 Å². The maximum atomic E-state index is 11.9. The highest BCUT2D eigenvalue weighted by atomic mass is 16.5. The lowest BCUT2D eigenvalue weighted by atomic mass is 10.2. The van der Waals surface area contributed by atoms with E-state index in [2.05, 4.69) is 25.1 Å². The van der Waals surface area contributed by atoms with Gasteiger partial charge in [0, 0.05) is 12.0 Å². The van der Waals surface area contributed by atoms with Gasteiger partial charge in [0.25, 0.3) is 5.91 Å². The van der Waals surface area contributed by atoms with Crippen LogP contribution in [0.1, 0.15) is 53.8 Å². The molecule has 1 atom stereocenters. The van der Waals surface area contributed by atoms with Gasteiger partial charge in [0.15, 0.2) is 5.82 Å². The topological polar surface area (TPSA) is 94.1 Å². The second-order valence-electron chi connectivity index (χ2n) is 4.37. The van der Waals surface area contributed by atoms with Gasteiger partial charge in [0.2, 0.25) is 12.2 Å². The summed E-state index contributed by atoms with van der Waals surface area (Å²) in [4.78, 5) is 15.7. The van der Waals surface area contributed by atoms with Crippen molar-refractivity contribution in [2.75, 3.05) is 0 Å². The quantitative estimate of drug-likeness (QED) is 0.879. The molecular weight excluding hydrogens is 236 g/mol. The zero-order valence-corrected chi connectivity index (χ0v) is 9.79. The van der Waals surface area contributed by atoms with Crippen LogP contribution in [0.4, 0.5) is 0 Å². The second kappa shape index (κ2) is 4.25. The number of carbonyl (C=O) groups excluding carboxylic acids is 1. The Morgan fingerprint density at radius 3 is 3.00 bits per heavy atom. The van der Waals surface area contributed by atoms with Crippen molar-refractivity contribution < 1.29 is 13.8 Å². The van der Waals surface area contributed by atoms with E-state index in [-0.39, 0.29) is 17.7 Å². The van der Waals surface area contributed by atoms with Crippen LogP contribution in [0, 0.1) is 0 Å². The van der Waals surface area contributed by atoms with Gasteiger partial charge in [-0.1, -0.05) is 10.3 Å². The van der Waals surface area contributed by atoms with Crippen LogP contribution < -0.4 is 5.32 Å². The highest BCUT2D eigenvalue weighted by Gasteiger charge is 2.28. The summed E-state index contributed by atoms with van der Waals surface area (Å²) in [7, 11) is 0. The van der Waals surface area contributed by atoms with Gasteiger partial charge in [-0.15, -0.1) is 0 Å². The summed E-state index contributed by atoms with van der Waals surface area (Å²) < 4.78 is 9.64. The number of nitrogens with zero attached hydrogens (tertiary/aromatic N) is 3. The summed E-state index contributed by atoms with van der Waals surface area (Å²) in [5, 5.41) is 10.3. The van der Waals surface area contributed by atoms with E-state index in [1.165, 1.54) is 6.39 Å². The molecule has 2 aromatic rings. The molecule has 94 valence electrons. The molecular formula is C11H12N4O3. The summed E-state index contributed by atoms with van der Waals surface area (Å²) in [5.74, 6) is 0.772. The molecule has 1 aliphatic rings. The number of aromatic nitrogens is 3. The maximum Gasteiger partial charge on any atom is 0.290 e. The molecule has 18 heavy (non-hydrogen) atoms. The molecule has 1 N–H and O–H groups in total. The summed E-state index contributed by atoms with van der Waals surface area (Å²) in [5.41, 5.74) is 0.854. The van der Waals surface area contributed by atoms with E-state index < -0.39 is 0 Å². The van der Waals surface area contributed by atoms with Gasteiger partial charge in [-0.05, 0) is 19.8 Å². The summed E-state index contributed by atoms with van der Waals surface area (Å²) in [6, 6.07) is 1.35. The molecule has 7 heteroatoms. The highest BCUT2D eigenvalue weighted by Crippen LogP contribution is 2.39. The molecule has 2 heterocycles. The fourth-order valence-corrected chi connectivity index (χ4v) is 1.67. The average molecular weight is 248 g/mol. The van der Waals surface area contributed by atoms with Crippen molar-refractivity contribution in [1.82, 2.24) is 20.6 Å². The van der Waals surface area contributed by atoms with Crippen LogP contribution in [0.2, 0.25) is 0 Å². The first kappa shape index (κ1) is 10.9. The molecule has 0 saturated heterocycles. The molecule has 1 amide bonds. The van der Waals surface area contributed by atoms with Crippen LogP contribution in [0.5, 0.6) is 0 Å². The lowest BCUT2D eigenvalue weighted by Crippen LogP contribution is -2.26. The van der Waals surface area contributed by atoms with Crippen molar-refractivity contribution in [3.8, 4) is 0 Å².